The van der Waals surface area contributed by atoms with Gasteiger partial charge in [-0.25, -0.2) is 0 Å². The minimum atomic E-state index is -2.03. The van der Waals surface area contributed by atoms with Crippen LogP contribution in [0.3, 0.4) is 0 Å². The number of hydrogen-bond donors (Lipinski definition) is 7. The second-order valence-corrected chi connectivity index (χ2v) is 22.3. The van der Waals surface area contributed by atoms with E-state index in [1.54, 1.807) is 20.8 Å². The Kier molecular flexibility index (Phi) is 17.5. The van der Waals surface area contributed by atoms with Crippen molar-refractivity contribution in [2.45, 2.75) is 249 Å². The Balaban J connectivity index is 0.00000748. The molecule has 0 amide bonds. The number of aliphatic hydroxyl groups excluding tert-OH is 2. The third kappa shape index (κ3) is 10.6. The molecule has 0 aromatic rings. The molecule has 63 heavy (non-hydrogen) atoms. The molecule has 15 heteroatoms. The van der Waals surface area contributed by atoms with Gasteiger partial charge in [0.1, 0.15) is 11.7 Å². The molecule has 0 radical (unpaired) electrons. The molecule has 0 saturated carbocycles. The molecule has 6 heterocycles. The maximum atomic E-state index is 12.4. The van der Waals surface area contributed by atoms with E-state index in [0.29, 0.717) is 64.2 Å². The second kappa shape index (κ2) is 20.2. The van der Waals surface area contributed by atoms with Crippen molar-refractivity contribution >= 4 is 57.4 Å². The molecule has 0 aromatic heterocycles. The molecule has 6 aliphatic heterocycles. The van der Waals surface area contributed by atoms with Crippen LogP contribution in [0.25, 0.3) is 0 Å². The summed E-state index contributed by atoms with van der Waals surface area (Å²) in [6.45, 7) is 22.9. The van der Waals surface area contributed by atoms with E-state index in [4.69, 9.17) is 28.4 Å². The SMILES string of the molecule is CC[C@@H]1O[C@@H]([C@]2(C)C[C@@H](C)[C@](O)([C@]3(C)CC[C@@H]([C@@H](O)[C@]4(O)O[C@H](C[C@@]5(O)O[C@@H]([C@@H](C)[C@H](O)C[C@@H]6O[C@H]([C@@H](C)C(=O)O)[C@@H](C)C[C@H]6C)CC[C@@H]5C)[C@@H](C)C[C@H]4C)O3)O2)CC[C@@]1(C)O.[KH]. The van der Waals surface area contributed by atoms with Gasteiger partial charge in [0.05, 0.1) is 66.0 Å². The zero-order chi connectivity index (χ0) is 46.1. The van der Waals surface area contributed by atoms with Crippen molar-refractivity contribution in [2.75, 3.05) is 0 Å². The Morgan fingerprint density at radius 1 is 0.746 bits per heavy atom. The van der Waals surface area contributed by atoms with E-state index in [2.05, 4.69) is 6.92 Å². The quantitative estimate of drug-likeness (QED) is 0.121. The topological polar surface area (TPSA) is 214 Å². The average molecular weight is 925 g/mol. The first kappa shape index (κ1) is 54.6. The molecule has 0 unspecified atom stereocenters. The Labute approximate surface area is 419 Å². The first-order chi connectivity index (χ1) is 28.6. The summed E-state index contributed by atoms with van der Waals surface area (Å²) in [5.74, 6) is -8.34. The number of aliphatic carboxylic acids is 1. The van der Waals surface area contributed by atoms with E-state index < -0.39 is 88.6 Å². The van der Waals surface area contributed by atoms with Crippen LogP contribution in [0.15, 0.2) is 0 Å². The Morgan fingerprint density at radius 3 is 2.03 bits per heavy atom. The van der Waals surface area contributed by atoms with Gasteiger partial charge < -0.3 is 64.2 Å². The van der Waals surface area contributed by atoms with E-state index >= 15 is 0 Å². The van der Waals surface area contributed by atoms with Crippen molar-refractivity contribution in [1.82, 2.24) is 0 Å². The maximum absolute atomic E-state index is 12.4. The molecule has 0 bridgehead atoms. The Hall–Kier alpha value is 0.626. The number of carboxylic acid groups (broad SMARTS) is 1. The number of ether oxygens (including phenoxy) is 6. The van der Waals surface area contributed by atoms with Gasteiger partial charge in [-0.05, 0) is 110 Å². The molecule has 14 nitrogen and oxygen atoms in total. The number of carboxylic acids is 1. The van der Waals surface area contributed by atoms with Crippen molar-refractivity contribution in [3.8, 4) is 0 Å². The average Bonchev–Trinajstić information content (AvgIpc) is 3.72. The van der Waals surface area contributed by atoms with Gasteiger partial charge in [-0.3, -0.25) is 4.79 Å². The molecular weight excluding hydrogens is 840 g/mol. The summed E-state index contributed by atoms with van der Waals surface area (Å²) in [5.41, 5.74) is -3.01. The van der Waals surface area contributed by atoms with Crippen LogP contribution in [0.2, 0.25) is 0 Å². The van der Waals surface area contributed by atoms with Crippen LogP contribution in [-0.2, 0) is 33.2 Å². The number of aliphatic hydroxyl groups is 6. The monoisotopic (exact) mass is 925 g/mol. The van der Waals surface area contributed by atoms with E-state index in [9.17, 15) is 40.5 Å². The van der Waals surface area contributed by atoms with Crippen LogP contribution < -0.4 is 0 Å². The van der Waals surface area contributed by atoms with Crippen molar-refractivity contribution in [2.24, 2.45) is 47.3 Å². The van der Waals surface area contributed by atoms with Crippen molar-refractivity contribution in [3.05, 3.63) is 0 Å². The first-order valence-electron chi connectivity index (χ1n) is 24.2. The van der Waals surface area contributed by atoms with Gasteiger partial charge in [0.25, 0.3) is 0 Å². The molecule has 0 aliphatic carbocycles. The van der Waals surface area contributed by atoms with E-state index in [1.807, 2.05) is 55.4 Å². The third-order valence-electron chi connectivity index (χ3n) is 17.3. The third-order valence-corrected chi connectivity index (χ3v) is 17.3. The van der Waals surface area contributed by atoms with Gasteiger partial charge in [-0.2, -0.15) is 0 Å². The summed E-state index contributed by atoms with van der Waals surface area (Å²) in [7, 11) is 0. The first-order valence-corrected chi connectivity index (χ1v) is 24.2. The zero-order valence-corrected chi connectivity index (χ0v) is 39.8. The number of hydrogen-bond acceptors (Lipinski definition) is 13. The van der Waals surface area contributed by atoms with Crippen LogP contribution in [0.4, 0.5) is 0 Å². The van der Waals surface area contributed by atoms with Gasteiger partial charge in [0, 0.05) is 36.5 Å². The molecule has 0 aromatic carbocycles. The van der Waals surface area contributed by atoms with E-state index in [0.717, 1.165) is 6.42 Å². The van der Waals surface area contributed by atoms with Crippen LogP contribution >= 0.6 is 0 Å². The molecule has 0 spiro atoms. The summed E-state index contributed by atoms with van der Waals surface area (Å²) in [4.78, 5) is 11.8. The Bertz CT molecular complexity index is 1560. The van der Waals surface area contributed by atoms with Crippen LogP contribution in [0, 0.1) is 47.3 Å². The van der Waals surface area contributed by atoms with E-state index in [-0.39, 0.29) is 112 Å². The molecular formula is C48H85KO14. The summed E-state index contributed by atoms with van der Waals surface area (Å²) in [5, 5.41) is 81.2. The second-order valence-electron chi connectivity index (χ2n) is 22.3. The minimum absolute atomic E-state index is 0. The summed E-state index contributed by atoms with van der Waals surface area (Å²) in [6.07, 6.45) is 0.0772. The van der Waals surface area contributed by atoms with Gasteiger partial charge in [-0.1, -0.05) is 55.4 Å². The van der Waals surface area contributed by atoms with Crippen LogP contribution in [-0.4, -0.2) is 182 Å². The van der Waals surface area contributed by atoms with Crippen molar-refractivity contribution in [3.63, 3.8) is 0 Å². The molecule has 6 rings (SSSR count). The van der Waals surface area contributed by atoms with Gasteiger partial charge in [0.2, 0.25) is 0 Å². The van der Waals surface area contributed by atoms with Gasteiger partial charge in [-0.15, -0.1) is 0 Å². The number of rotatable bonds is 13. The Morgan fingerprint density at radius 2 is 1.40 bits per heavy atom. The molecule has 6 fully saturated rings. The fourth-order valence-corrected chi connectivity index (χ4v) is 12.7. The van der Waals surface area contributed by atoms with Crippen molar-refractivity contribution in [1.29, 1.82) is 0 Å². The zero-order valence-electron chi connectivity index (χ0n) is 39.8. The fraction of sp³-hybridized carbons (Fsp3) is 0.979. The molecule has 6 saturated heterocycles. The normalized spacial score (nSPS) is 51.5. The summed E-state index contributed by atoms with van der Waals surface area (Å²) in [6, 6.07) is 0. The molecule has 6 aliphatic rings. The number of carbonyl (C=O) groups is 1. The standard InChI is InChI=1S/C48H84O14.K.H/c1-13-38-43(10,53)18-17-39(58-38)44(11)23-30(7)48(56,62-44)45(12)19-16-35(59-45)41(50)47(55)29(6)21-26(3)37(61-47)24-46(54)28(5)14-15-34(60-46)31(8)33(49)22-36-25(2)20-27(4)40(57-36)32(9)42(51)52;;/h25-41,49-50,53-56H,13-24H2,1-12H3,(H,51,52);;/t25-,26+,27+,28+,29-,30-,31+,32-,33-,34-,35+,36+,37-,38+,39-,40+,41-,43-,44+,45+,46-,47-,48-;;/m1../s1. The van der Waals surface area contributed by atoms with Crippen molar-refractivity contribution < 1.29 is 69.0 Å². The predicted molar refractivity (Wildman–Crippen MR) is 236 cm³/mol. The van der Waals surface area contributed by atoms with Crippen LogP contribution in [0.1, 0.15) is 160 Å². The molecule has 362 valence electrons. The fourth-order valence-electron chi connectivity index (χ4n) is 12.7. The van der Waals surface area contributed by atoms with Gasteiger partial charge >= 0.3 is 57.4 Å². The predicted octanol–water partition coefficient (Wildman–Crippen LogP) is 5.03. The summed E-state index contributed by atoms with van der Waals surface area (Å²) >= 11 is 0. The van der Waals surface area contributed by atoms with Crippen LogP contribution in [0.5, 0.6) is 0 Å². The molecule has 23 atom stereocenters. The van der Waals surface area contributed by atoms with E-state index in [1.165, 1.54) is 0 Å². The van der Waals surface area contributed by atoms with Gasteiger partial charge in [0.15, 0.2) is 17.4 Å². The summed E-state index contributed by atoms with van der Waals surface area (Å²) < 4.78 is 39.2. The molecule has 7 N–H and O–H groups in total.